The first-order valence-corrected chi connectivity index (χ1v) is 8.20. The molecule has 0 fully saturated rings. The van der Waals surface area contributed by atoms with E-state index in [1.807, 2.05) is 66.2 Å². The van der Waals surface area contributed by atoms with Gasteiger partial charge in [0.1, 0.15) is 0 Å². The van der Waals surface area contributed by atoms with Crippen molar-refractivity contribution in [2.75, 3.05) is 0 Å². The van der Waals surface area contributed by atoms with E-state index in [1.165, 1.54) is 0 Å². The molecule has 0 amide bonds. The van der Waals surface area contributed by atoms with Gasteiger partial charge in [0.2, 0.25) is 6.04 Å². The second-order valence-corrected chi connectivity index (χ2v) is 6.62. The van der Waals surface area contributed by atoms with E-state index in [0.717, 1.165) is 11.3 Å². The van der Waals surface area contributed by atoms with Crippen molar-refractivity contribution in [3.8, 4) is 6.07 Å². The summed E-state index contributed by atoms with van der Waals surface area (Å²) in [7, 11) is 0. The minimum Gasteiger partial charge on any atom is -0.762 e. The van der Waals surface area contributed by atoms with Crippen molar-refractivity contribution in [3.05, 3.63) is 76.6 Å². The molecule has 0 aliphatic carbocycles. The van der Waals surface area contributed by atoms with Crippen LogP contribution in [0.25, 0.3) is 0 Å². The first-order valence-electron chi connectivity index (χ1n) is 7.79. The molecule has 2 N–H and O–H groups in total. The maximum Gasteiger partial charge on any atom is 0.216 e. The minimum atomic E-state index is -1.28. The van der Waals surface area contributed by atoms with E-state index in [1.54, 1.807) is 6.92 Å². The van der Waals surface area contributed by atoms with Crippen LogP contribution in [0.1, 0.15) is 30.1 Å². The number of hydrogen-bond donors (Lipinski definition) is 2. The van der Waals surface area contributed by atoms with Gasteiger partial charge in [-0.15, -0.1) is 0 Å². The highest BCUT2D eigenvalue weighted by Gasteiger charge is 2.50. The highest BCUT2D eigenvalue weighted by molar-refractivity contribution is 7.63. The summed E-state index contributed by atoms with van der Waals surface area (Å²) < 4.78 is 2.00. The Balaban J connectivity index is 2.27. The van der Waals surface area contributed by atoms with Gasteiger partial charge in [0.15, 0.2) is 17.6 Å². The van der Waals surface area contributed by atoms with Gasteiger partial charge >= 0.3 is 0 Å². The maximum atomic E-state index is 11.1. The molecule has 2 aromatic rings. The van der Waals surface area contributed by atoms with E-state index in [0.29, 0.717) is 10.6 Å². The number of nitrogens with zero attached hydrogens (tertiary/aromatic N) is 2. The summed E-state index contributed by atoms with van der Waals surface area (Å²) in [5.74, 6) is -0.328. The van der Waals surface area contributed by atoms with Crippen molar-refractivity contribution < 1.29 is 9.67 Å². The lowest BCUT2D eigenvalue weighted by atomic mass is 9.78. The summed E-state index contributed by atoms with van der Waals surface area (Å²) in [4.78, 5) is 0. The Morgan fingerprint density at radius 1 is 1.21 bits per heavy atom. The van der Waals surface area contributed by atoms with Crippen molar-refractivity contribution in [1.82, 2.24) is 5.32 Å². The molecule has 3 rings (SSSR count). The number of aliphatic hydroxyl groups is 1. The lowest BCUT2D eigenvalue weighted by molar-refractivity contribution is -0.746. The molecule has 0 bridgehead atoms. The largest absolute Gasteiger partial charge is 0.762 e. The van der Waals surface area contributed by atoms with Gasteiger partial charge in [-0.3, -0.25) is 0 Å². The van der Waals surface area contributed by atoms with Gasteiger partial charge in [0.05, 0.1) is 12.0 Å². The summed E-state index contributed by atoms with van der Waals surface area (Å²) >= 11 is 5.35. The van der Waals surface area contributed by atoms with Crippen LogP contribution in [0.4, 0.5) is 0 Å². The maximum absolute atomic E-state index is 11.1. The predicted molar refractivity (Wildman–Crippen MR) is 93.4 cm³/mol. The fourth-order valence-corrected chi connectivity index (χ4v) is 3.79. The lowest BCUT2D eigenvalue weighted by Crippen LogP contribution is -2.64. The standard InChI is InChI=1S/C19H19N3OS/c1-13-8-6-7-11-22(13)17-16(14-9-4-3-5-10-14)15(12-20)18(24)21-19(17,2)23/h3-11,16-17,21,23H,1-2H3/t16-,17+,19+/m0/s1. The quantitative estimate of drug-likeness (QED) is 0.651. The molecule has 0 spiro atoms. The van der Waals surface area contributed by atoms with Crippen LogP contribution in [0.3, 0.4) is 0 Å². The molecule has 0 saturated heterocycles. The number of nitriles is 1. The Morgan fingerprint density at radius 2 is 1.88 bits per heavy atom. The van der Waals surface area contributed by atoms with Crippen LogP contribution in [-0.4, -0.2) is 10.8 Å². The normalized spacial score (nSPS) is 26.6. The van der Waals surface area contributed by atoms with Gasteiger partial charge in [-0.1, -0.05) is 41.4 Å². The van der Waals surface area contributed by atoms with Crippen molar-refractivity contribution >= 4 is 12.6 Å². The first kappa shape index (κ1) is 16.4. The number of aromatic nitrogens is 1. The van der Waals surface area contributed by atoms with E-state index >= 15 is 0 Å². The smallest absolute Gasteiger partial charge is 0.216 e. The molecule has 24 heavy (non-hydrogen) atoms. The van der Waals surface area contributed by atoms with Crippen LogP contribution in [0.2, 0.25) is 0 Å². The minimum absolute atomic E-state index is 0.307. The zero-order valence-corrected chi connectivity index (χ0v) is 14.4. The molecule has 4 nitrogen and oxygen atoms in total. The van der Waals surface area contributed by atoms with Crippen LogP contribution in [0.5, 0.6) is 0 Å². The number of nitrogens with one attached hydrogen (secondary N) is 1. The molecule has 3 atom stereocenters. The molecular formula is C19H19N3OS. The molecule has 122 valence electrons. The van der Waals surface area contributed by atoms with Gasteiger partial charge < -0.3 is 23.1 Å². The average Bonchev–Trinajstić information content (AvgIpc) is 2.55. The van der Waals surface area contributed by atoms with E-state index in [-0.39, 0.29) is 5.92 Å². The third-order valence-electron chi connectivity index (χ3n) is 4.50. The van der Waals surface area contributed by atoms with E-state index < -0.39 is 11.8 Å². The van der Waals surface area contributed by atoms with E-state index in [2.05, 4.69) is 11.4 Å². The molecule has 1 aromatic heterocycles. The predicted octanol–water partition coefficient (Wildman–Crippen LogP) is 2.20. The zero-order valence-electron chi connectivity index (χ0n) is 13.6. The van der Waals surface area contributed by atoms with Crippen molar-refractivity contribution in [2.45, 2.75) is 31.5 Å². The Kier molecular flexibility index (Phi) is 4.27. The van der Waals surface area contributed by atoms with Crippen LogP contribution in [0, 0.1) is 18.3 Å². The zero-order chi connectivity index (χ0) is 17.3. The summed E-state index contributed by atoms with van der Waals surface area (Å²) in [5, 5.41) is 24.0. The summed E-state index contributed by atoms with van der Waals surface area (Å²) in [6.07, 6.45) is 1.93. The van der Waals surface area contributed by atoms with Crippen LogP contribution >= 0.6 is 0 Å². The SMILES string of the molecule is Cc1cccc[n+]1[C@@H]1[C@@H](c2ccccc2)C(C#N)=C([S-])N[C@]1(C)O. The number of pyridine rings is 1. The number of hydrogen-bond acceptors (Lipinski definition) is 4. The molecule has 1 aliphatic heterocycles. The third kappa shape index (κ3) is 2.75. The van der Waals surface area contributed by atoms with Crippen LogP contribution in [0.15, 0.2) is 65.3 Å². The van der Waals surface area contributed by atoms with Crippen molar-refractivity contribution in [2.24, 2.45) is 0 Å². The molecular weight excluding hydrogens is 318 g/mol. The number of allylic oxidation sites excluding steroid dienone is 1. The fraction of sp³-hybridized carbons (Fsp3) is 0.263. The Labute approximate surface area is 147 Å². The van der Waals surface area contributed by atoms with E-state index in [4.69, 9.17) is 12.6 Å². The Hall–Kier alpha value is -2.42. The molecule has 2 heterocycles. The molecule has 0 saturated carbocycles. The lowest BCUT2D eigenvalue weighted by Gasteiger charge is -2.43. The number of aryl methyl sites for hydroxylation is 1. The first-order chi connectivity index (χ1) is 11.5. The monoisotopic (exact) mass is 337 g/mol. The molecule has 1 aliphatic rings. The summed E-state index contributed by atoms with van der Waals surface area (Å²) in [6.45, 7) is 3.69. The van der Waals surface area contributed by atoms with Crippen molar-refractivity contribution in [1.29, 1.82) is 5.26 Å². The van der Waals surface area contributed by atoms with Gasteiger partial charge in [0.25, 0.3) is 0 Å². The fourth-order valence-electron chi connectivity index (χ4n) is 3.41. The Bertz CT molecular complexity index is 824. The van der Waals surface area contributed by atoms with Gasteiger partial charge in [-0.05, 0) is 12.5 Å². The second-order valence-electron chi connectivity index (χ2n) is 6.21. The van der Waals surface area contributed by atoms with Crippen molar-refractivity contribution in [3.63, 3.8) is 0 Å². The van der Waals surface area contributed by atoms with Gasteiger partial charge in [-0.25, -0.2) is 0 Å². The van der Waals surface area contributed by atoms with Gasteiger partial charge in [-0.2, -0.15) is 9.83 Å². The van der Waals surface area contributed by atoms with Crippen LogP contribution in [-0.2, 0) is 12.6 Å². The third-order valence-corrected chi connectivity index (χ3v) is 4.82. The van der Waals surface area contributed by atoms with Gasteiger partial charge in [0, 0.05) is 24.6 Å². The average molecular weight is 337 g/mol. The topological polar surface area (TPSA) is 59.9 Å². The molecule has 1 aromatic carbocycles. The molecule has 0 unspecified atom stereocenters. The second kappa shape index (κ2) is 6.23. The van der Waals surface area contributed by atoms with Crippen LogP contribution < -0.4 is 9.88 Å². The summed E-state index contributed by atoms with van der Waals surface area (Å²) in [6, 6.07) is 17.4. The highest BCUT2D eigenvalue weighted by Crippen LogP contribution is 2.42. The Morgan fingerprint density at radius 3 is 2.50 bits per heavy atom. The molecule has 0 radical (unpaired) electrons. The summed E-state index contributed by atoms with van der Waals surface area (Å²) in [5.41, 5.74) is 1.15. The highest BCUT2D eigenvalue weighted by atomic mass is 32.1. The van der Waals surface area contributed by atoms with E-state index in [9.17, 15) is 10.4 Å². The number of benzene rings is 1. The molecule has 5 heteroatoms. The number of rotatable bonds is 2.